The zero-order valence-corrected chi connectivity index (χ0v) is 21.3. The second-order valence-electron chi connectivity index (χ2n) is 6.54. The zero-order chi connectivity index (χ0) is 21.8. The Bertz CT molecular complexity index is 788. The number of hydrogen-bond acceptors (Lipinski definition) is 5. The summed E-state index contributed by atoms with van der Waals surface area (Å²) in [4.78, 5) is 4.69. The minimum Gasteiger partial charge on any atom is -0.493 e. The number of halogens is 1. The van der Waals surface area contributed by atoms with E-state index in [2.05, 4.69) is 39.9 Å². The highest BCUT2D eigenvalue weighted by Gasteiger charge is 2.13. The van der Waals surface area contributed by atoms with Crippen molar-refractivity contribution in [3.05, 3.63) is 53.1 Å². The van der Waals surface area contributed by atoms with Gasteiger partial charge in [-0.3, -0.25) is 0 Å². The summed E-state index contributed by atoms with van der Waals surface area (Å²) in [5, 5.41) is 6.64. The second kappa shape index (κ2) is 14.7. The molecule has 0 radical (unpaired) electrons. The molecule has 0 aromatic heterocycles. The molecule has 2 aromatic rings. The van der Waals surface area contributed by atoms with E-state index in [0.29, 0.717) is 36.9 Å². The monoisotopic (exact) mass is 543 g/mol. The Morgan fingerprint density at radius 1 is 0.839 bits per heavy atom. The lowest BCUT2D eigenvalue weighted by atomic mass is 10.1. The van der Waals surface area contributed by atoms with Crippen molar-refractivity contribution in [1.82, 2.24) is 10.6 Å². The molecule has 0 fully saturated rings. The summed E-state index contributed by atoms with van der Waals surface area (Å²) in [5.74, 6) is 2.55. The lowest BCUT2D eigenvalue weighted by molar-refractivity contribution is 0.134. The fourth-order valence-corrected chi connectivity index (χ4v) is 2.90. The van der Waals surface area contributed by atoms with Gasteiger partial charge in [-0.15, -0.1) is 24.0 Å². The van der Waals surface area contributed by atoms with Gasteiger partial charge in [0, 0.05) is 19.7 Å². The third-order valence-electron chi connectivity index (χ3n) is 4.44. The molecule has 0 aliphatic rings. The molecule has 2 rings (SSSR count). The molecule has 31 heavy (non-hydrogen) atoms. The van der Waals surface area contributed by atoms with Crippen LogP contribution in [0.15, 0.2) is 41.4 Å². The molecular weight excluding hydrogens is 509 g/mol. The van der Waals surface area contributed by atoms with Gasteiger partial charge in [0.1, 0.15) is 0 Å². The number of rotatable bonds is 11. The van der Waals surface area contributed by atoms with Gasteiger partial charge >= 0.3 is 0 Å². The fourth-order valence-electron chi connectivity index (χ4n) is 2.90. The van der Waals surface area contributed by atoms with Crippen molar-refractivity contribution < 1.29 is 18.9 Å². The molecule has 0 heterocycles. The van der Waals surface area contributed by atoms with E-state index in [-0.39, 0.29) is 24.0 Å². The van der Waals surface area contributed by atoms with Gasteiger partial charge in [0.15, 0.2) is 17.5 Å². The van der Waals surface area contributed by atoms with Gasteiger partial charge in [-0.05, 0) is 42.7 Å². The van der Waals surface area contributed by atoms with Crippen molar-refractivity contribution >= 4 is 29.9 Å². The number of guanidine groups is 1. The van der Waals surface area contributed by atoms with Gasteiger partial charge in [-0.1, -0.05) is 24.3 Å². The number of hydrogen-bond donors (Lipinski definition) is 2. The lowest BCUT2D eigenvalue weighted by Gasteiger charge is -2.14. The van der Waals surface area contributed by atoms with E-state index in [1.807, 2.05) is 26.0 Å². The van der Waals surface area contributed by atoms with Crippen molar-refractivity contribution in [3.63, 3.8) is 0 Å². The van der Waals surface area contributed by atoms with Crippen LogP contribution in [0, 0.1) is 0 Å². The average Bonchev–Trinajstić information content (AvgIpc) is 2.79. The molecule has 0 amide bonds. The minimum absolute atomic E-state index is 0. The SMILES string of the molecule is CCNC(=NCc1cc(OC)c(OC)c(OC)c1)NCc1ccc(COCC)cc1.I. The van der Waals surface area contributed by atoms with Crippen molar-refractivity contribution in [2.24, 2.45) is 4.99 Å². The van der Waals surface area contributed by atoms with E-state index in [9.17, 15) is 0 Å². The molecule has 0 atom stereocenters. The van der Waals surface area contributed by atoms with Crippen LogP contribution in [0.2, 0.25) is 0 Å². The van der Waals surface area contributed by atoms with Crippen LogP contribution in [0.1, 0.15) is 30.5 Å². The van der Waals surface area contributed by atoms with Crippen LogP contribution < -0.4 is 24.8 Å². The molecular formula is C23H34IN3O4. The summed E-state index contributed by atoms with van der Waals surface area (Å²) in [6, 6.07) is 12.2. The molecule has 0 aliphatic heterocycles. The van der Waals surface area contributed by atoms with Crippen molar-refractivity contribution in [2.45, 2.75) is 33.5 Å². The highest BCUT2D eigenvalue weighted by Crippen LogP contribution is 2.38. The number of aliphatic imine (C=N–C) groups is 1. The molecule has 0 spiro atoms. The van der Waals surface area contributed by atoms with E-state index < -0.39 is 0 Å². The predicted octanol–water partition coefficient (Wildman–Crippen LogP) is 4.12. The summed E-state index contributed by atoms with van der Waals surface area (Å²) in [7, 11) is 4.81. The van der Waals surface area contributed by atoms with Gasteiger partial charge in [-0.25, -0.2) is 4.99 Å². The molecule has 172 valence electrons. The maximum absolute atomic E-state index is 5.44. The van der Waals surface area contributed by atoms with E-state index >= 15 is 0 Å². The maximum Gasteiger partial charge on any atom is 0.203 e. The Balaban J connectivity index is 0.00000480. The third-order valence-corrected chi connectivity index (χ3v) is 4.44. The quantitative estimate of drug-likeness (QED) is 0.253. The fraction of sp³-hybridized carbons (Fsp3) is 0.435. The van der Waals surface area contributed by atoms with Gasteiger partial charge in [0.25, 0.3) is 0 Å². The highest BCUT2D eigenvalue weighted by molar-refractivity contribution is 14.0. The first-order valence-electron chi connectivity index (χ1n) is 10.1. The molecule has 0 bridgehead atoms. The molecule has 0 saturated carbocycles. The Kier molecular flexibility index (Phi) is 12.8. The number of benzene rings is 2. The number of nitrogens with one attached hydrogen (secondary N) is 2. The first-order chi connectivity index (χ1) is 14.6. The Hall–Kier alpha value is -2.20. The molecule has 0 aliphatic carbocycles. The molecule has 0 unspecified atom stereocenters. The second-order valence-corrected chi connectivity index (χ2v) is 6.54. The standard InChI is InChI=1S/C23H33N3O4.HI/c1-6-24-23(25-14-17-8-10-18(11-9-17)16-30-7-2)26-15-19-12-20(27-3)22(29-5)21(13-19)28-4;/h8-13H,6-7,14-16H2,1-5H3,(H2,24,25,26);1H. The highest BCUT2D eigenvalue weighted by atomic mass is 127. The molecule has 0 saturated heterocycles. The largest absolute Gasteiger partial charge is 0.493 e. The van der Waals surface area contributed by atoms with Crippen LogP contribution in [0.5, 0.6) is 17.2 Å². The number of ether oxygens (including phenoxy) is 4. The van der Waals surface area contributed by atoms with Gasteiger partial charge in [0.2, 0.25) is 5.75 Å². The molecule has 8 heteroatoms. The molecule has 2 N–H and O–H groups in total. The summed E-state index contributed by atoms with van der Waals surface area (Å²) in [6.45, 7) is 7.32. The smallest absolute Gasteiger partial charge is 0.203 e. The predicted molar refractivity (Wildman–Crippen MR) is 135 cm³/mol. The zero-order valence-electron chi connectivity index (χ0n) is 19.0. The summed E-state index contributed by atoms with van der Waals surface area (Å²) in [6.07, 6.45) is 0. The van der Waals surface area contributed by atoms with Gasteiger partial charge in [-0.2, -0.15) is 0 Å². The first-order valence-corrected chi connectivity index (χ1v) is 10.1. The van der Waals surface area contributed by atoms with Crippen LogP contribution in [0.3, 0.4) is 0 Å². The van der Waals surface area contributed by atoms with E-state index in [4.69, 9.17) is 18.9 Å². The van der Waals surface area contributed by atoms with E-state index in [1.165, 1.54) is 11.1 Å². The molecule has 2 aromatic carbocycles. The number of methoxy groups -OCH3 is 3. The summed E-state index contributed by atoms with van der Waals surface area (Å²) >= 11 is 0. The Morgan fingerprint density at radius 3 is 1.97 bits per heavy atom. The topological polar surface area (TPSA) is 73.3 Å². The summed E-state index contributed by atoms with van der Waals surface area (Å²) in [5.41, 5.74) is 3.30. The van der Waals surface area contributed by atoms with Crippen molar-refractivity contribution in [2.75, 3.05) is 34.5 Å². The third kappa shape index (κ3) is 8.45. The van der Waals surface area contributed by atoms with Crippen molar-refractivity contribution in [3.8, 4) is 17.2 Å². The van der Waals surface area contributed by atoms with Gasteiger partial charge < -0.3 is 29.6 Å². The first kappa shape index (κ1) is 26.8. The van der Waals surface area contributed by atoms with Crippen molar-refractivity contribution in [1.29, 1.82) is 0 Å². The minimum atomic E-state index is 0. The lowest BCUT2D eigenvalue weighted by Crippen LogP contribution is -2.36. The normalized spacial score (nSPS) is 10.8. The average molecular weight is 543 g/mol. The van der Waals surface area contributed by atoms with Crippen LogP contribution in [-0.2, 0) is 24.4 Å². The Labute approximate surface area is 202 Å². The Morgan fingerprint density at radius 2 is 1.45 bits per heavy atom. The van der Waals surface area contributed by atoms with Crippen LogP contribution in [0.4, 0.5) is 0 Å². The van der Waals surface area contributed by atoms with E-state index in [0.717, 1.165) is 24.7 Å². The van der Waals surface area contributed by atoms with Crippen LogP contribution >= 0.6 is 24.0 Å². The summed E-state index contributed by atoms with van der Waals surface area (Å²) < 4.78 is 21.7. The van der Waals surface area contributed by atoms with E-state index in [1.54, 1.807) is 21.3 Å². The van der Waals surface area contributed by atoms with Crippen LogP contribution in [-0.4, -0.2) is 40.4 Å². The maximum atomic E-state index is 5.44. The van der Waals surface area contributed by atoms with Gasteiger partial charge in [0.05, 0.1) is 34.5 Å². The molecule has 7 nitrogen and oxygen atoms in total. The van der Waals surface area contributed by atoms with Crippen LogP contribution in [0.25, 0.3) is 0 Å². The number of nitrogens with zero attached hydrogens (tertiary/aromatic N) is 1.